The highest BCUT2D eigenvalue weighted by Gasteiger charge is 2.42. The van der Waals surface area contributed by atoms with Gasteiger partial charge >= 0.3 is 0 Å². The summed E-state index contributed by atoms with van der Waals surface area (Å²) in [4.78, 5) is 11.2. The summed E-state index contributed by atoms with van der Waals surface area (Å²) in [6.07, 6.45) is 0. The zero-order valence-corrected chi connectivity index (χ0v) is 42.9. The number of nitrogens with zero attached hydrogens (tertiary/aromatic N) is 5. The fourth-order valence-corrected chi connectivity index (χ4v) is 16.7. The van der Waals surface area contributed by atoms with Gasteiger partial charge in [-0.25, -0.2) is 4.98 Å². The summed E-state index contributed by atoms with van der Waals surface area (Å²) < 4.78 is 4.44. The smallest absolute Gasteiger partial charge is 0.237 e. The van der Waals surface area contributed by atoms with Gasteiger partial charge in [0.25, 0.3) is 0 Å². The minimum Gasteiger partial charge on any atom is -0.294 e. The van der Waals surface area contributed by atoms with Gasteiger partial charge in [0.15, 0.2) is 8.07 Å². The molecular formula is C71H47N5Si. The molecule has 3 aromatic heterocycles. The molecule has 0 amide bonds. The number of aromatic nitrogens is 4. The topological polar surface area (TPSA) is 59.4 Å². The van der Waals surface area contributed by atoms with E-state index in [1.807, 2.05) is 24.3 Å². The summed E-state index contributed by atoms with van der Waals surface area (Å²) in [5, 5.41) is 19.4. The molecule has 0 saturated heterocycles. The maximum absolute atomic E-state index is 10.1. The van der Waals surface area contributed by atoms with Crippen LogP contribution in [0, 0.1) is 11.3 Å². The largest absolute Gasteiger partial charge is 0.294 e. The highest BCUT2D eigenvalue weighted by atomic mass is 28.3. The number of nitriles is 1. The van der Waals surface area contributed by atoms with Gasteiger partial charge in [0.05, 0.1) is 39.4 Å². The number of rotatable bonds is 10. The van der Waals surface area contributed by atoms with Crippen molar-refractivity contribution >= 4 is 72.4 Å². The van der Waals surface area contributed by atoms with E-state index in [-0.39, 0.29) is 0 Å². The molecular weight excluding hydrogens is 951 g/mol. The van der Waals surface area contributed by atoms with Crippen molar-refractivity contribution in [2.45, 2.75) is 0 Å². The van der Waals surface area contributed by atoms with Crippen LogP contribution in [-0.4, -0.2) is 27.2 Å². The molecule has 360 valence electrons. The molecule has 0 unspecified atom stereocenters. The van der Waals surface area contributed by atoms with Crippen LogP contribution in [-0.2, 0) is 0 Å². The molecule has 0 radical (unpaired) electrons. The molecule has 0 N–H and O–H groups in total. The Morgan fingerprint density at radius 2 is 0.675 bits per heavy atom. The number of para-hydroxylation sites is 3. The van der Waals surface area contributed by atoms with Gasteiger partial charge in [-0.05, 0) is 90.5 Å². The van der Waals surface area contributed by atoms with Crippen LogP contribution in [0.5, 0.6) is 0 Å². The van der Waals surface area contributed by atoms with Gasteiger partial charge in [0.1, 0.15) is 5.82 Å². The van der Waals surface area contributed by atoms with Gasteiger partial charge in [0, 0.05) is 33.2 Å². The summed E-state index contributed by atoms with van der Waals surface area (Å²) in [6.45, 7) is 0. The molecule has 0 bridgehead atoms. The molecule has 0 spiro atoms. The summed E-state index contributed by atoms with van der Waals surface area (Å²) >= 11 is 0. The highest BCUT2D eigenvalue weighted by molar-refractivity contribution is 7.20. The molecule has 0 aliphatic carbocycles. The fourth-order valence-electron chi connectivity index (χ4n) is 11.8. The van der Waals surface area contributed by atoms with Gasteiger partial charge in [-0.1, -0.05) is 243 Å². The van der Waals surface area contributed by atoms with Crippen molar-refractivity contribution in [3.63, 3.8) is 0 Å². The Morgan fingerprint density at radius 1 is 0.299 bits per heavy atom. The Hall–Kier alpha value is -10.2. The Labute approximate surface area is 447 Å². The van der Waals surface area contributed by atoms with Crippen molar-refractivity contribution in [2.24, 2.45) is 0 Å². The normalized spacial score (nSPS) is 11.6. The summed E-state index contributed by atoms with van der Waals surface area (Å²) in [7, 11) is -3.32. The Morgan fingerprint density at radius 3 is 1.14 bits per heavy atom. The quantitative estimate of drug-likeness (QED) is 0.101. The van der Waals surface area contributed by atoms with E-state index in [4.69, 9.17) is 9.97 Å². The Kier molecular flexibility index (Phi) is 11.2. The second kappa shape index (κ2) is 18.9. The lowest BCUT2D eigenvalue weighted by Gasteiger charge is -2.35. The maximum atomic E-state index is 10.1. The van der Waals surface area contributed by atoms with Crippen LogP contribution >= 0.6 is 0 Å². The van der Waals surface area contributed by atoms with Crippen LogP contribution in [0.4, 0.5) is 0 Å². The van der Waals surface area contributed by atoms with Crippen LogP contribution < -0.4 is 20.7 Å². The molecule has 0 saturated carbocycles. The lowest BCUT2D eigenvalue weighted by Crippen LogP contribution is -2.74. The molecule has 5 nitrogen and oxygen atoms in total. The summed E-state index contributed by atoms with van der Waals surface area (Å²) in [6, 6.07) is 105. The van der Waals surface area contributed by atoms with E-state index in [1.165, 1.54) is 54.1 Å². The second-order valence-electron chi connectivity index (χ2n) is 19.6. The first-order chi connectivity index (χ1) is 38.1. The Bertz CT molecular complexity index is 4340. The summed E-state index contributed by atoms with van der Waals surface area (Å²) in [5.74, 6) is 1.28. The minimum atomic E-state index is -3.32. The molecule has 0 aliphatic heterocycles. The van der Waals surface area contributed by atoms with Crippen LogP contribution in [0.25, 0.3) is 100 Å². The lowest BCUT2D eigenvalue weighted by atomic mass is 10.1. The average molecular weight is 998 g/mol. The van der Waals surface area contributed by atoms with Gasteiger partial charge in [-0.3, -0.25) is 9.13 Å². The molecule has 14 aromatic rings. The highest BCUT2D eigenvalue weighted by Crippen LogP contribution is 2.36. The van der Waals surface area contributed by atoms with E-state index in [2.05, 4.69) is 276 Å². The second-order valence-corrected chi connectivity index (χ2v) is 23.5. The van der Waals surface area contributed by atoms with Crippen molar-refractivity contribution in [1.82, 2.24) is 19.1 Å². The first-order valence-electron chi connectivity index (χ1n) is 26.0. The van der Waals surface area contributed by atoms with E-state index in [0.29, 0.717) is 11.5 Å². The Balaban J connectivity index is 1.08. The molecule has 6 heteroatoms. The molecule has 77 heavy (non-hydrogen) atoms. The van der Waals surface area contributed by atoms with Gasteiger partial charge in [-0.15, -0.1) is 0 Å². The minimum absolute atomic E-state index is 0.533. The van der Waals surface area contributed by atoms with E-state index in [0.717, 1.165) is 60.7 Å². The molecule has 0 aliphatic rings. The van der Waals surface area contributed by atoms with Crippen molar-refractivity contribution in [3.05, 3.63) is 291 Å². The monoisotopic (exact) mass is 997 g/mol. The maximum Gasteiger partial charge on any atom is 0.237 e. The fraction of sp³-hybridized carbons (Fsp3) is 0. The van der Waals surface area contributed by atoms with E-state index in [1.54, 1.807) is 0 Å². The first-order valence-corrected chi connectivity index (χ1v) is 28.0. The van der Waals surface area contributed by atoms with Crippen molar-refractivity contribution < 1.29 is 0 Å². The zero-order valence-electron chi connectivity index (χ0n) is 41.9. The number of hydrogen-bond acceptors (Lipinski definition) is 3. The predicted molar refractivity (Wildman–Crippen MR) is 321 cm³/mol. The van der Waals surface area contributed by atoms with E-state index in [9.17, 15) is 5.26 Å². The molecule has 0 fully saturated rings. The van der Waals surface area contributed by atoms with Crippen molar-refractivity contribution in [3.8, 4) is 62.5 Å². The number of fused-ring (bicyclic) bond motifs is 6. The summed E-state index contributed by atoms with van der Waals surface area (Å²) in [5.41, 5.74) is 13.3. The van der Waals surface area contributed by atoms with Gasteiger partial charge < -0.3 is 0 Å². The number of benzene rings is 11. The van der Waals surface area contributed by atoms with Gasteiger partial charge in [-0.2, -0.15) is 10.2 Å². The van der Waals surface area contributed by atoms with Crippen LogP contribution in [0.2, 0.25) is 0 Å². The molecule has 3 heterocycles. The van der Waals surface area contributed by atoms with Crippen molar-refractivity contribution in [1.29, 1.82) is 5.26 Å². The van der Waals surface area contributed by atoms with E-state index < -0.39 is 8.07 Å². The van der Waals surface area contributed by atoms with Gasteiger partial charge in [0.2, 0.25) is 5.95 Å². The SMILES string of the molecule is N#Cc1ccc2c(c1)c1ccccc1n2-c1nc(-c2cccc([Si](c3cccc(-c4ccccc4)c3)(c3cccc(-c4ccccc4)c3)c3cccc(-c4ccccc4)c3)c2)cc(-n2c3ccccc3c3ccccc32)n1. The molecule has 11 aromatic carbocycles. The third-order valence-electron chi connectivity index (χ3n) is 15.3. The van der Waals surface area contributed by atoms with E-state index >= 15 is 0 Å². The predicted octanol–water partition coefficient (Wildman–Crippen LogP) is 14.6. The van der Waals surface area contributed by atoms with Crippen LogP contribution in [0.3, 0.4) is 0 Å². The standard InChI is InChI=1S/C71H47N5Si/c72-48-49-40-41-69-64(42-49)63-36-12-15-39-68(63)76(69)71-73-65(47-70(74-71)75-66-37-13-10-34-61(66)62-35-11-14-38-67(62)75)56-29-19-33-60(46-56)77(57-30-16-26-53(43-57)50-20-4-1-5-21-50,58-31-17-27-54(44-58)51-22-6-2-7-23-51)59-32-18-28-55(45-59)52-24-8-3-9-25-52/h1-47H. The lowest BCUT2D eigenvalue weighted by molar-refractivity contribution is 0.952. The zero-order chi connectivity index (χ0) is 51.3. The van der Waals surface area contributed by atoms with Crippen LogP contribution in [0.15, 0.2) is 285 Å². The molecule has 14 rings (SSSR count). The first kappa shape index (κ1) is 45.4. The van der Waals surface area contributed by atoms with Crippen LogP contribution in [0.1, 0.15) is 5.56 Å². The average Bonchev–Trinajstić information content (AvgIpc) is 4.10. The third-order valence-corrected chi connectivity index (χ3v) is 20.0. The third kappa shape index (κ3) is 7.76. The van der Waals surface area contributed by atoms with Crippen molar-refractivity contribution in [2.75, 3.05) is 0 Å². The number of hydrogen-bond donors (Lipinski definition) is 0. The molecule has 0 atom stereocenters.